The first-order chi connectivity index (χ1) is 12.1. The predicted molar refractivity (Wildman–Crippen MR) is 108 cm³/mol. The first-order valence-corrected chi connectivity index (χ1v) is 9.28. The molecule has 2 aromatic heterocycles. The summed E-state index contributed by atoms with van der Waals surface area (Å²) in [5, 5.41) is 1.24. The number of nitrogens with zero attached hydrogens (tertiary/aromatic N) is 2. The second-order valence-electron chi connectivity index (χ2n) is 6.51. The van der Waals surface area contributed by atoms with Crippen molar-refractivity contribution in [3.63, 3.8) is 0 Å². The molecule has 3 nitrogen and oxygen atoms in total. The summed E-state index contributed by atoms with van der Waals surface area (Å²) in [6.07, 6.45) is 6.76. The summed E-state index contributed by atoms with van der Waals surface area (Å²) in [4.78, 5) is 4.49. The van der Waals surface area contributed by atoms with Gasteiger partial charge in [-0.15, -0.1) is 0 Å². The van der Waals surface area contributed by atoms with Crippen LogP contribution in [0.15, 0.2) is 64.7 Å². The summed E-state index contributed by atoms with van der Waals surface area (Å²) < 4.78 is 3.42. The van der Waals surface area contributed by atoms with Crippen molar-refractivity contribution in [3.8, 4) is 0 Å². The molecule has 2 N–H and O–H groups in total. The lowest BCUT2D eigenvalue weighted by Crippen LogP contribution is -2.07. The Morgan fingerprint density at radius 3 is 2.88 bits per heavy atom. The molecule has 0 spiro atoms. The second kappa shape index (κ2) is 6.52. The van der Waals surface area contributed by atoms with E-state index in [9.17, 15) is 0 Å². The van der Waals surface area contributed by atoms with Crippen LogP contribution in [-0.4, -0.2) is 9.55 Å². The monoisotopic (exact) mass is 393 g/mol. The Hall–Kier alpha value is -2.33. The third kappa shape index (κ3) is 3.14. The van der Waals surface area contributed by atoms with Crippen LogP contribution in [0.1, 0.15) is 31.2 Å². The van der Waals surface area contributed by atoms with Gasteiger partial charge in [0.25, 0.3) is 0 Å². The van der Waals surface area contributed by atoms with Gasteiger partial charge in [-0.1, -0.05) is 45.8 Å². The molecule has 1 aliphatic rings. The maximum Gasteiger partial charge on any atom is 0.123 e. The first-order valence-electron chi connectivity index (χ1n) is 8.49. The maximum atomic E-state index is 5.88. The highest BCUT2D eigenvalue weighted by Crippen LogP contribution is 2.33. The molecule has 0 fully saturated rings. The number of benzene rings is 1. The van der Waals surface area contributed by atoms with E-state index in [1.807, 2.05) is 18.2 Å². The van der Waals surface area contributed by atoms with E-state index in [0.717, 1.165) is 23.0 Å². The minimum Gasteiger partial charge on any atom is -0.384 e. The molecule has 0 amide bonds. The van der Waals surface area contributed by atoms with Gasteiger partial charge in [0.15, 0.2) is 0 Å². The zero-order valence-corrected chi connectivity index (χ0v) is 15.8. The highest BCUT2D eigenvalue weighted by Gasteiger charge is 2.16. The van der Waals surface area contributed by atoms with Crippen LogP contribution < -0.4 is 5.73 Å². The molecule has 1 aromatic carbocycles. The van der Waals surface area contributed by atoms with Gasteiger partial charge in [0.2, 0.25) is 0 Å². The molecule has 0 radical (unpaired) electrons. The number of rotatable bonds is 3. The highest BCUT2D eigenvalue weighted by atomic mass is 79.9. The van der Waals surface area contributed by atoms with Gasteiger partial charge in [0.1, 0.15) is 5.82 Å². The fraction of sp³-hybridized carbons (Fsp3) is 0.190. The van der Waals surface area contributed by atoms with Crippen LogP contribution in [0.25, 0.3) is 16.5 Å². The highest BCUT2D eigenvalue weighted by molar-refractivity contribution is 9.10. The Labute approximate surface area is 156 Å². The van der Waals surface area contributed by atoms with Gasteiger partial charge in [0, 0.05) is 21.1 Å². The summed E-state index contributed by atoms with van der Waals surface area (Å²) >= 11 is 3.61. The summed E-state index contributed by atoms with van der Waals surface area (Å²) in [5.41, 5.74) is 12.0. The van der Waals surface area contributed by atoms with Gasteiger partial charge in [-0.25, -0.2) is 4.98 Å². The molecule has 1 aliphatic carbocycles. The van der Waals surface area contributed by atoms with Crippen molar-refractivity contribution in [2.24, 2.45) is 0 Å². The standard InChI is InChI=1S/C21H20BrN3/c1-14-5-2-3-7-18(14)20-11-15-9-10-16(22)12-19(15)25(20)13-17-6-4-8-21(23)24-17/h3-4,6-12H,2,5,13H2,1H3,(H2,23,24). The molecule has 4 rings (SSSR count). The van der Waals surface area contributed by atoms with Gasteiger partial charge in [0.05, 0.1) is 12.2 Å². The van der Waals surface area contributed by atoms with Gasteiger partial charge >= 0.3 is 0 Å². The molecule has 25 heavy (non-hydrogen) atoms. The Kier molecular flexibility index (Phi) is 4.22. The number of aromatic nitrogens is 2. The Morgan fingerprint density at radius 1 is 1.20 bits per heavy atom. The van der Waals surface area contributed by atoms with Gasteiger partial charge in [-0.3, -0.25) is 0 Å². The summed E-state index contributed by atoms with van der Waals surface area (Å²) in [6, 6.07) is 14.5. The molecule has 0 saturated carbocycles. The molecule has 3 aromatic rings. The lowest BCUT2D eigenvalue weighted by atomic mass is 9.96. The van der Waals surface area contributed by atoms with Crippen molar-refractivity contribution >= 4 is 38.2 Å². The maximum absolute atomic E-state index is 5.88. The van der Waals surface area contributed by atoms with E-state index in [2.05, 4.69) is 68.8 Å². The number of fused-ring (bicyclic) bond motifs is 1. The van der Waals surface area contributed by atoms with Crippen LogP contribution in [0, 0.1) is 0 Å². The van der Waals surface area contributed by atoms with Crippen LogP contribution in [0.5, 0.6) is 0 Å². The zero-order chi connectivity index (χ0) is 17.4. The molecular weight excluding hydrogens is 374 g/mol. The largest absolute Gasteiger partial charge is 0.384 e. The van der Waals surface area contributed by atoms with Crippen molar-refractivity contribution in [1.29, 1.82) is 0 Å². The molecule has 0 unspecified atom stereocenters. The molecule has 0 aliphatic heterocycles. The van der Waals surface area contributed by atoms with E-state index in [4.69, 9.17) is 5.73 Å². The molecule has 0 saturated heterocycles. The number of anilines is 1. The lowest BCUT2D eigenvalue weighted by molar-refractivity contribution is 0.795. The van der Waals surface area contributed by atoms with Crippen molar-refractivity contribution in [2.45, 2.75) is 26.3 Å². The number of hydrogen-bond donors (Lipinski definition) is 1. The van der Waals surface area contributed by atoms with Crippen molar-refractivity contribution in [1.82, 2.24) is 9.55 Å². The number of hydrogen-bond acceptors (Lipinski definition) is 2. The van der Waals surface area contributed by atoms with Crippen LogP contribution in [0.3, 0.4) is 0 Å². The van der Waals surface area contributed by atoms with E-state index < -0.39 is 0 Å². The van der Waals surface area contributed by atoms with Crippen molar-refractivity contribution in [2.75, 3.05) is 5.73 Å². The summed E-state index contributed by atoms with van der Waals surface area (Å²) in [5.74, 6) is 0.560. The molecule has 126 valence electrons. The summed E-state index contributed by atoms with van der Waals surface area (Å²) in [7, 11) is 0. The molecule has 0 bridgehead atoms. The SMILES string of the molecule is CC1=C(c2cc3ccc(Br)cc3n2Cc2cccc(N)n2)C=CCC1. The first kappa shape index (κ1) is 16.2. The average molecular weight is 394 g/mol. The third-order valence-corrected chi connectivity index (χ3v) is 5.21. The topological polar surface area (TPSA) is 43.8 Å². The van der Waals surface area contributed by atoms with Gasteiger partial charge in [-0.2, -0.15) is 0 Å². The van der Waals surface area contributed by atoms with E-state index in [1.165, 1.54) is 27.7 Å². The smallest absolute Gasteiger partial charge is 0.123 e. The molecule has 4 heteroatoms. The zero-order valence-electron chi connectivity index (χ0n) is 14.2. The average Bonchev–Trinajstić information content (AvgIpc) is 2.93. The van der Waals surface area contributed by atoms with Gasteiger partial charge < -0.3 is 10.3 Å². The number of allylic oxidation sites excluding steroid dienone is 4. The quantitative estimate of drug-likeness (QED) is 0.633. The lowest BCUT2D eigenvalue weighted by Gasteiger charge is -2.16. The Bertz CT molecular complexity index is 1010. The van der Waals surface area contributed by atoms with Crippen LogP contribution >= 0.6 is 15.9 Å². The minimum atomic E-state index is 0.560. The number of pyridine rings is 1. The van der Waals surface area contributed by atoms with Gasteiger partial charge in [-0.05, 0) is 55.7 Å². The predicted octanol–water partition coefficient (Wildman–Crippen LogP) is 5.55. The fourth-order valence-electron chi connectivity index (χ4n) is 3.45. The number of nitrogens with two attached hydrogens (primary N) is 1. The fourth-order valence-corrected chi connectivity index (χ4v) is 3.80. The van der Waals surface area contributed by atoms with E-state index in [0.29, 0.717) is 12.4 Å². The van der Waals surface area contributed by atoms with E-state index in [1.54, 1.807) is 0 Å². The summed E-state index contributed by atoms with van der Waals surface area (Å²) in [6.45, 7) is 2.93. The number of nitrogen functional groups attached to an aromatic ring is 1. The van der Waals surface area contributed by atoms with Crippen LogP contribution in [0.2, 0.25) is 0 Å². The molecular formula is C21H20BrN3. The molecule has 2 heterocycles. The van der Waals surface area contributed by atoms with Crippen LogP contribution in [0.4, 0.5) is 5.82 Å². The molecule has 0 atom stereocenters. The van der Waals surface area contributed by atoms with Crippen LogP contribution in [-0.2, 0) is 6.54 Å². The minimum absolute atomic E-state index is 0.560. The van der Waals surface area contributed by atoms with E-state index in [-0.39, 0.29) is 0 Å². The van der Waals surface area contributed by atoms with E-state index >= 15 is 0 Å². The van der Waals surface area contributed by atoms with Crippen molar-refractivity contribution in [3.05, 3.63) is 76.1 Å². The normalized spacial score (nSPS) is 14.5. The second-order valence-corrected chi connectivity index (χ2v) is 7.42. The van der Waals surface area contributed by atoms with Crippen molar-refractivity contribution < 1.29 is 0 Å². The Balaban J connectivity index is 1.91. The third-order valence-electron chi connectivity index (χ3n) is 4.72. The Morgan fingerprint density at radius 2 is 2.08 bits per heavy atom. The number of halogens is 1.